The summed E-state index contributed by atoms with van der Waals surface area (Å²) in [5.74, 6) is -0.219. The van der Waals surface area contributed by atoms with E-state index in [2.05, 4.69) is 15.9 Å². The fraction of sp³-hybridized carbons (Fsp3) is 0.667. The third kappa shape index (κ3) is 4.54. The topological polar surface area (TPSA) is 26.3 Å². The van der Waals surface area contributed by atoms with Crippen LogP contribution in [0.5, 0.6) is 0 Å². The first kappa shape index (κ1) is 11.7. The molecule has 0 atom stereocenters. The SMILES string of the molecule is CCC=C(CBr)C(=O)OC(C)C. The molecule has 0 amide bonds. The molecule has 0 aromatic carbocycles. The number of carbonyl (C=O) groups excluding carboxylic acids is 1. The van der Waals surface area contributed by atoms with E-state index in [0.717, 1.165) is 6.42 Å². The summed E-state index contributed by atoms with van der Waals surface area (Å²) >= 11 is 3.24. The maximum absolute atomic E-state index is 11.3. The van der Waals surface area contributed by atoms with Crippen molar-refractivity contribution in [1.29, 1.82) is 0 Å². The van der Waals surface area contributed by atoms with Gasteiger partial charge >= 0.3 is 5.97 Å². The van der Waals surface area contributed by atoms with Gasteiger partial charge in [-0.1, -0.05) is 28.9 Å². The molecular weight excluding hydrogens is 220 g/mol. The number of esters is 1. The number of alkyl halides is 1. The van der Waals surface area contributed by atoms with E-state index in [1.165, 1.54) is 0 Å². The van der Waals surface area contributed by atoms with E-state index in [1.54, 1.807) is 0 Å². The highest BCUT2D eigenvalue weighted by Gasteiger charge is 2.09. The van der Waals surface area contributed by atoms with Crippen LogP contribution in [0.1, 0.15) is 27.2 Å². The summed E-state index contributed by atoms with van der Waals surface area (Å²) < 4.78 is 5.02. The van der Waals surface area contributed by atoms with Crippen LogP contribution in [-0.2, 0) is 9.53 Å². The van der Waals surface area contributed by atoms with Crippen molar-refractivity contribution in [1.82, 2.24) is 0 Å². The van der Waals surface area contributed by atoms with E-state index in [0.29, 0.717) is 10.9 Å². The molecule has 0 aliphatic rings. The van der Waals surface area contributed by atoms with Crippen molar-refractivity contribution in [3.63, 3.8) is 0 Å². The highest BCUT2D eigenvalue weighted by Crippen LogP contribution is 2.05. The number of halogens is 1. The first-order chi connectivity index (χ1) is 5.61. The quantitative estimate of drug-likeness (QED) is 0.425. The molecule has 0 saturated carbocycles. The van der Waals surface area contributed by atoms with Crippen LogP contribution in [-0.4, -0.2) is 17.4 Å². The van der Waals surface area contributed by atoms with Crippen molar-refractivity contribution >= 4 is 21.9 Å². The fourth-order valence-electron chi connectivity index (χ4n) is 0.729. The first-order valence-electron chi connectivity index (χ1n) is 4.07. The second-order valence-electron chi connectivity index (χ2n) is 2.73. The maximum Gasteiger partial charge on any atom is 0.334 e. The molecule has 0 aromatic heterocycles. The molecule has 0 spiro atoms. The third-order valence-corrected chi connectivity index (χ3v) is 1.80. The molecule has 0 radical (unpaired) electrons. The van der Waals surface area contributed by atoms with Crippen LogP contribution in [0.2, 0.25) is 0 Å². The molecule has 70 valence electrons. The van der Waals surface area contributed by atoms with E-state index in [-0.39, 0.29) is 12.1 Å². The van der Waals surface area contributed by atoms with Crippen molar-refractivity contribution in [2.24, 2.45) is 0 Å². The molecule has 12 heavy (non-hydrogen) atoms. The minimum absolute atomic E-state index is 0.0446. The molecule has 0 unspecified atom stereocenters. The zero-order chi connectivity index (χ0) is 9.56. The van der Waals surface area contributed by atoms with Gasteiger partial charge in [-0.15, -0.1) is 0 Å². The molecule has 0 aromatic rings. The number of hydrogen-bond donors (Lipinski definition) is 0. The third-order valence-electron chi connectivity index (χ3n) is 1.20. The van der Waals surface area contributed by atoms with Crippen molar-refractivity contribution in [2.45, 2.75) is 33.3 Å². The van der Waals surface area contributed by atoms with E-state index < -0.39 is 0 Å². The molecule has 2 nitrogen and oxygen atoms in total. The Morgan fingerprint density at radius 3 is 2.50 bits per heavy atom. The Kier molecular flexibility index (Phi) is 6.07. The second kappa shape index (κ2) is 6.23. The summed E-state index contributed by atoms with van der Waals surface area (Å²) in [5.41, 5.74) is 0.700. The van der Waals surface area contributed by atoms with Crippen LogP contribution in [0, 0.1) is 0 Å². The van der Waals surface area contributed by atoms with Gasteiger partial charge in [0.25, 0.3) is 0 Å². The van der Waals surface area contributed by atoms with Gasteiger partial charge in [0.2, 0.25) is 0 Å². The largest absolute Gasteiger partial charge is 0.460 e. The van der Waals surface area contributed by atoms with Gasteiger partial charge in [0, 0.05) is 10.9 Å². The number of hydrogen-bond acceptors (Lipinski definition) is 2. The average Bonchev–Trinajstić information content (AvgIpc) is 1.98. The molecule has 3 heteroatoms. The second-order valence-corrected chi connectivity index (χ2v) is 3.29. The number of rotatable bonds is 4. The van der Waals surface area contributed by atoms with Gasteiger partial charge in [0.1, 0.15) is 0 Å². The molecule has 0 aliphatic carbocycles. The van der Waals surface area contributed by atoms with Crippen LogP contribution in [0.4, 0.5) is 0 Å². The molecule has 0 rings (SSSR count). The first-order valence-corrected chi connectivity index (χ1v) is 5.19. The highest BCUT2D eigenvalue weighted by atomic mass is 79.9. The van der Waals surface area contributed by atoms with Gasteiger partial charge in [-0.25, -0.2) is 4.79 Å². The Hall–Kier alpha value is -0.310. The monoisotopic (exact) mass is 234 g/mol. The van der Waals surface area contributed by atoms with Gasteiger partial charge in [-0.3, -0.25) is 0 Å². The summed E-state index contributed by atoms with van der Waals surface area (Å²) in [7, 11) is 0. The zero-order valence-electron chi connectivity index (χ0n) is 7.76. The fourth-order valence-corrected chi connectivity index (χ4v) is 1.19. The molecule has 0 fully saturated rings. The minimum atomic E-state index is -0.219. The van der Waals surface area contributed by atoms with Crippen LogP contribution in [0.15, 0.2) is 11.6 Å². The van der Waals surface area contributed by atoms with Gasteiger partial charge in [-0.05, 0) is 20.3 Å². The summed E-state index contributed by atoms with van der Waals surface area (Å²) in [6.45, 7) is 5.68. The van der Waals surface area contributed by atoms with E-state index in [1.807, 2.05) is 26.8 Å². The van der Waals surface area contributed by atoms with Crippen LogP contribution < -0.4 is 0 Å². The number of allylic oxidation sites excluding steroid dienone is 1. The molecule has 0 N–H and O–H groups in total. The van der Waals surface area contributed by atoms with Crippen molar-refractivity contribution < 1.29 is 9.53 Å². The lowest BCUT2D eigenvalue weighted by Crippen LogP contribution is -2.14. The van der Waals surface area contributed by atoms with Crippen molar-refractivity contribution in [2.75, 3.05) is 5.33 Å². The Bertz CT molecular complexity index is 173. The van der Waals surface area contributed by atoms with Gasteiger partial charge in [0.05, 0.1) is 6.10 Å². The van der Waals surface area contributed by atoms with Crippen molar-refractivity contribution in [3.05, 3.63) is 11.6 Å². The zero-order valence-corrected chi connectivity index (χ0v) is 9.35. The predicted molar refractivity (Wildman–Crippen MR) is 53.4 cm³/mol. The molecular formula is C9H15BrO2. The predicted octanol–water partition coefficient (Wildman–Crippen LogP) is 2.67. The maximum atomic E-state index is 11.3. The standard InChI is InChI=1S/C9H15BrO2/c1-4-5-8(6-10)9(11)12-7(2)3/h5,7H,4,6H2,1-3H3. The molecule has 0 saturated heterocycles. The highest BCUT2D eigenvalue weighted by molar-refractivity contribution is 9.09. The van der Waals surface area contributed by atoms with E-state index in [9.17, 15) is 4.79 Å². The van der Waals surface area contributed by atoms with E-state index in [4.69, 9.17) is 4.74 Å². The number of carbonyl (C=O) groups is 1. The smallest absolute Gasteiger partial charge is 0.334 e. The van der Waals surface area contributed by atoms with Crippen LogP contribution >= 0.6 is 15.9 Å². The van der Waals surface area contributed by atoms with Crippen LogP contribution in [0.3, 0.4) is 0 Å². The Balaban J connectivity index is 4.13. The Labute approximate surface area is 82.1 Å². The lowest BCUT2D eigenvalue weighted by Gasteiger charge is -2.08. The Morgan fingerprint density at radius 1 is 1.58 bits per heavy atom. The minimum Gasteiger partial charge on any atom is -0.460 e. The van der Waals surface area contributed by atoms with E-state index >= 15 is 0 Å². The van der Waals surface area contributed by atoms with Gasteiger partial charge in [-0.2, -0.15) is 0 Å². The summed E-state index contributed by atoms with van der Waals surface area (Å²) in [6, 6.07) is 0. The summed E-state index contributed by atoms with van der Waals surface area (Å²) in [6.07, 6.45) is 2.69. The summed E-state index contributed by atoms with van der Waals surface area (Å²) in [5, 5.41) is 0.562. The van der Waals surface area contributed by atoms with Gasteiger partial charge in [0.15, 0.2) is 0 Å². The Morgan fingerprint density at radius 2 is 2.17 bits per heavy atom. The lowest BCUT2D eigenvalue weighted by molar-refractivity contribution is -0.142. The molecule has 0 aliphatic heterocycles. The summed E-state index contributed by atoms with van der Waals surface area (Å²) in [4.78, 5) is 11.3. The molecule has 0 heterocycles. The normalized spacial score (nSPS) is 11.9. The van der Waals surface area contributed by atoms with Crippen LogP contribution in [0.25, 0.3) is 0 Å². The number of ether oxygens (including phenoxy) is 1. The molecule has 0 bridgehead atoms. The van der Waals surface area contributed by atoms with Gasteiger partial charge < -0.3 is 4.74 Å². The van der Waals surface area contributed by atoms with Crippen molar-refractivity contribution in [3.8, 4) is 0 Å². The lowest BCUT2D eigenvalue weighted by atomic mass is 10.2. The average molecular weight is 235 g/mol.